The molecule has 0 radical (unpaired) electrons. The molecule has 5 heteroatoms. The van der Waals surface area contributed by atoms with Crippen LogP contribution in [0, 0.1) is 0 Å². The van der Waals surface area contributed by atoms with Gasteiger partial charge in [-0.2, -0.15) is 0 Å². The van der Waals surface area contributed by atoms with Gasteiger partial charge in [-0.25, -0.2) is 0 Å². The predicted octanol–water partition coefficient (Wildman–Crippen LogP) is 1.82. The first-order chi connectivity index (χ1) is 7.63. The van der Waals surface area contributed by atoms with Gasteiger partial charge in [0, 0.05) is 35.9 Å². The minimum absolute atomic E-state index is 0.612. The highest BCUT2D eigenvalue weighted by molar-refractivity contribution is 7.84. The quantitative estimate of drug-likeness (QED) is 0.794. The monoisotopic (exact) mass is 261 g/mol. The second kappa shape index (κ2) is 6.89. The highest BCUT2D eigenvalue weighted by Gasteiger charge is 2.01. The molecule has 0 aliphatic heterocycles. The van der Waals surface area contributed by atoms with Gasteiger partial charge < -0.3 is 10.1 Å². The molecule has 3 nitrogen and oxygen atoms in total. The second-order valence-electron chi connectivity index (χ2n) is 3.42. The second-order valence-corrected chi connectivity index (χ2v) is 5.38. The Bertz CT molecular complexity index is 371. The van der Waals surface area contributed by atoms with Crippen LogP contribution in [0.1, 0.15) is 5.56 Å². The van der Waals surface area contributed by atoms with E-state index in [-0.39, 0.29) is 0 Å². The van der Waals surface area contributed by atoms with Crippen LogP contribution in [0.15, 0.2) is 18.2 Å². The number of nitrogens with one attached hydrogen (secondary N) is 1. The van der Waals surface area contributed by atoms with Crippen LogP contribution in [0.2, 0.25) is 5.02 Å². The Morgan fingerprint density at radius 3 is 2.81 bits per heavy atom. The van der Waals surface area contributed by atoms with E-state index in [1.165, 1.54) is 0 Å². The van der Waals surface area contributed by atoms with Crippen molar-refractivity contribution in [2.24, 2.45) is 0 Å². The molecular formula is C11H16ClNO2S. The van der Waals surface area contributed by atoms with E-state index in [0.29, 0.717) is 16.5 Å². The van der Waals surface area contributed by atoms with Gasteiger partial charge in [-0.05, 0) is 17.7 Å². The molecule has 90 valence electrons. The molecule has 1 aromatic rings. The van der Waals surface area contributed by atoms with Crippen molar-refractivity contribution in [2.75, 3.05) is 25.7 Å². The Labute approximate surface area is 104 Å². The van der Waals surface area contributed by atoms with Gasteiger partial charge in [0.1, 0.15) is 5.75 Å². The molecule has 1 N–H and O–H groups in total. The van der Waals surface area contributed by atoms with E-state index in [9.17, 15) is 4.21 Å². The van der Waals surface area contributed by atoms with Crippen molar-refractivity contribution in [2.45, 2.75) is 6.54 Å². The van der Waals surface area contributed by atoms with Crippen LogP contribution in [0.3, 0.4) is 0 Å². The molecule has 0 saturated carbocycles. The topological polar surface area (TPSA) is 38.3 Å². The van der Waals surface area contributed by atoms with Crippen molar-refractivity contribution in [3.63, 3.8) is 0 Å². The summed E-state index contributed by atoms with van der Waals surface area (Å²) >= 11 is 5.99. The van der Waals surface area contributed by atoms with Crippen LogP contribution in [-0.4, -0.2) is 29.9 Å². The Hall–Kier alpha value is -0.580. The van der Waals surface area contributed by atoms with Crippen LogP contribution < -0.4 is 10.1 Å². The van der Waals surface area contributed by atoms with Gasteiger partial charge in [0.2, 0.25) is 0 Å². The summed E-state index contributed by atoms with van der Waals surface area (Å²) in [5.41, 5.74) is 1.09. The third kappa shape index (κ3) is 4.51. The lowest BCUT2D eigenvalue weighted by Crippen LogP contribution is -2.19. The fraction of sp³-hybridized carbons (Fsp3) is 0.455. The third-order valence-electron chi connectivity index (χ3n) is 2.11. The molecule has 0 spiro atoms. The van der Waals surface area contributed by atoms with E-state index in [2.05, 4.69) is 5.32 Å². The van der Waals surface area contributed by atoms with E-state index < -0.39 is 10.8 Å². The summed E-state index contributed by atoms with van der Waals surface area (Å²) in [5, 5.41) is 3.82. The lowest BCUT2D eigenvalue weighted by atomic mass is 10.2. The van der Waals surface area contributed by atoms with Crippen LogP contribution in [-0.2, 0) is 17.3 Å². The van der Waals surface area contributed by atoms with E-state index in [1.54, 1.807) is 13.4 Å². The fourth-order valence-electron chi connectivity index (χ4n) is 1.27. The highest BCUT2D eigenvalue weighted by atomic mass is 35.5. The van der Waals surface area contributed by atoms with Gasteiger partial charge in [-0.15, -0.1) is 0 Å². The zero-order valence-electron chi connectivity index (χ0n) is 9.46. The Kier molecular flexibility index (Phi) is 5.80. The molecule has 0 aromatic heterocycles. The average Bonchev–Trinajstić information content (AvgIpc) is 2.24. The van der Waals surface area contributed by atoms with Crippen molar-refractivity contribution < 1.29 is 8.95 Å². The van der Waals surface area contributed by atoms with Gasteiger partial charge in [-0.3, -0.25) is 4.21 Å². The van der Waals surface area contributed by atoms with E-state index in [4.69, 9.17) is 16.3 Å². The van der Waals surface area contributed by atoms with Gasteiger partial charge in [0.25, 0.3) is 0 Å². The van der Waals surface area contributed by atoms with Crippen molar-refractivity contribution in [1.29, 1.82) is 0 Å². The molecular weight excluding hydrogens is 246 g/mol. The van der Waals surface area contributed by atoms with Crippen molar-refractivity contribution in [3.05, 3.63) is 28.8 Å². The van der Waals surface area contributed by atoms with Gasteiger partial charge in [-0.1, -0.05) is 17.7 Å². The molecule has 0 fully saturated rings. The Balaban J connectivity index is 2.43. The third-order valence-corrected chi connectivity index (χ3v) is 3.19. The first-order valence-corrected chi connectivity index (χ1v) is 7.07. The molecule has 0 saturated heterocycles. The number of halogens is 1. The minimum Gasteiger partial charge on any atom is -0.495 e. The lowest BCUT2D eigenvalue weighted by Gasteiger charge is -2.07. The minimum atomic E-state index is -0.741. The van der Waals surface area contributed by atoms with Crippen LogP contribution in [0.25, 0.3) is 0 Å². The summed E-state index contributed by atoms with van der Waals surface area (Å²) in [6.07, 6.45) is 1.70. The number of benzene rings is 1. The van der Waals surface area contributed by atoms with Crippen molar-refractivity contribution in [3.8, 4) is 5.75 Å². The molecule has 0 aliphatic rings. The number of methoxy groups -OCH3 is 1. The average molecular weight is 262 g/mol. The number of hydrogen-bond donors (Lipinski definition) is 1. The first kappa shape index (κ1) is 13.5. The summed E-state index contributed by atoms with van der Waals surface area (Å²) in [4.78, 5) is 0. The zero-order chi connectivity index (χ0) is 12.0. The Morgan fingerprint density at radius 2 is 2.25 bits per heavy atom. The molecule has 16 heavy (non-hydrogen) atoms. The van der Waals surface area contributed by atoms with Crippen LogP contribution >= 0.6 is 11.6 Å². The summed E-state index contributed by atoms with van der Waals surface area (Å²) in [6.45, 7) is 1.47. The van der Waals surface area contributed by atoms with Crippen LogP contribution in [0.5, 0.6) is 5.75 Å². The molecule has 0 heterocycles. The maximum absolute atomic E-state index is 10.8. The lowest BCUT2D eigenvalue weighted by molar-refractivity contribution is 0.415. The summed E-state index contributed by atoms with van der Waals surface area (Å²) in [5.74, 6) is 1.35. The van der Waals surface area contributed by atoms with Gasteiger partial charge in [0.15, 0.2) is 0 Å². The number of ether oxygens (including phenoxy) is 1. The van der Waals surface area contributed by atoms with E-state index >= 15 is 0 Å². The SMILES string of the molecule is COc1ccc(CNCCS(C)=O)cc1Cl. The molecule has 1 aromatic carbocycles. The fourth-order valence-corrected chi connectivity index (χ4v) is 1.98. The molecule has 0 bridgehead atoms. The molecule has 1 rings (SSSR count). The normalized spacial score (nSPS) is 12.4. The maximum atomic E-state index is 10.8. The predicted molar refractivity (Wildman–Crippen MR) is 68.6 cm³/mol. The summed E-state index contributed by atoms with van der Waals surface area (Å²) in [7, 11) is 0.851. The van der Waals surface area contributed by atoms with Crippen molar-refractivity contribution in [1.82, 2.24) is 5.32 Å². The largest absolute Gasteiger partial charge is 0.495 e. The van der Waals surface area contributed by atoms with Crippen molar-refractivity contribution >= 4 is 22.4 Å². The van der Waals surface area contributed by atoms with Crippen LogP contribution in [0.4, 0.5) is 0 Å². The summed E-state index contributed by atoms with van der Waals surface area (Å²) in [6, 6.07) is 5.67. The highest BCUT2D eigenvalue weighted by Crippen LogP contribution is 2.24. The molecule has 0 aliphatic carbocycles. The van der Waals surface area contributed by atoms with Gasteiger partial charge >= 0.3 is 0 Å². The van der Waals surface area contributed by atoms with E-state index in [1.807, 2.05) is 18.2 Å². The maximum Gasteiger partial charge on any atom is 0.137 e. The molecule has 1 unspecified atom stereocenters. The van der Waals surface area contributed by atoms with Gasteiger partial charge in [0.05, 0.1) is 12.1 Å². The van der Waals surface area contributed by atoms with E-state index in [0.717, 1.165) is 18.7 Å². The zero-order valence-corrected chi connectivity index (χ0v) is 11.0. The summed E-state index contributed by atoms with van der Waals surface area (Å²) < 4.78 is 15.9. The first-order valence-electron chi connectivity index (χ1n) is 4.96. The molecule has 1 atom stereocenters. The number of rotatable bonds is 6. The standard InChI is InChI=1S/C11H16ClNO2S/c1-15-11-4-3-9(7-10(11)12)8-13-5-6-16(2)14/h3-4,7,13H,5-6,8H2,1-2H3. The number of hydrogen-bond acceptors (Lipinski definition) is 3. The Morgan fingerprint density at radius 1 is 1.50 bits per heavy atom. The molecule has 0 amide bonds. The smallest absolute Gasteiger partial charge is 0.137 e.